The van der Waals surface area contributed by atoms with Crippen molar-refractivity contribution >= 4 is 11.6 Å². The van der Waals surface area contributed by atoms with E-state index < -0.39 is 0 Å². The van der Waals surface area contributed by atoms with E-state index in [0.29, 0.717) is 0 Å². The van der Waals surface area contributed by atoms with Crippen LogP contribution in [0.2, 0.25) is 0 Å². The van der Waals surface area contributed by atoms with Crippen LogP contribution in [-0.2, 0) is 0 Å². The third kappa shape index (κ3) is 17.1. The van der Waals surface area contributed by atoms with Crippen molar-refractivity contribution in [1.29, 1.82) is 0 Å². The van der Waals surface area contributed by atoms with E-state index in [2.05, 4.69) is 20.8 Å². The van der Waals surface area contributed by atoms with Crippen LogP contribution in [0.1, 0.15) is 130 Å². The Morgan fingerprint density at radius 2 is 1.12 bits per heavy atom. The van der Waals surface area contributed by atoms with E-state index in [0.717, 1.165) is 17.7 Å². The summed E-state index contributed by atoms with van der Waals surface area (Å²) >= 11 is 5.75. The molecule has 0 saturated carbocycles. The van der Waals surface area contributed by atoms with Crippen molar-refractivity contribution in [3.8, 4) is 0 Å². The molecule has 0 aliphatic rings. The van der Waals surface area contributed by atoms with Gasteiger partial charge in [0.1, 0.15) is 0 Å². The van der Waals surface area contributed by atoms with Gasteiger partial charge in [-0.25, -0.2) is 0 Å². The Balaban J connectivity index is 3.45. The Kier molecular flexibility index (Phi) is 19.8. The number of hydrogen-bond donors (Lipinski definition) is 0. The number of rotatable bonds is 19. The lowest BCUT2D eigenvalue weighted by atomic mass is 9.88. The van der Waals surface area contributed by atoms with Crippen LogP contribution in [0.15, 0.2) is 0 Å². The van der Waals surface area contributed by atoms with Gasteiger partial charge in [0.2, 0.25) is 0 Å². The molecule has 0 aromatic rings. The van der Waals surface area contributed by atoms with E-state index in [9.17, 15) is 0 Å². The minimum atomic E-state index is 0.838. The summed E-state index contributed by atoms with van der Waals surface area (Å²) in [5.41, 5.74) is 0. The summed E-state index contributed by atoms with van der Waals surface area (Å²) in [6.07, 6.45) is 24.2. The monoisotopic (exact) mass is 358 g/mol. The first-order valence-corrected chi connectivity index (χ1v) is 11.8. The fraction of sp³-hybridized carbons (Fsp3) is 1.00. The number of alkyl halides is 1. The molecule has 0 spiro atoms. The van der Waals surface area contributed by atoms with Crippen LogP contribution in [-0.4, -0.2) is 5.88 Å². The molecule has 0 N–H and O–H groups in total. The molecule has 1 heteroatoms. The first-order chi connectivity index (χ1) is 11.7. The van der Waals surface area contributed by atoms with E-state index in [1.165, 1.54) is 109 Å². The highest BCUT2D eigenvalue weighted by Crippen LogP contribution is 2.24. The lowest BCUT2D eigenvalue weighted by molar-refractivity contribution is 0.353. The SMILES string of the molecule is CCCCCCCCCCCC(CC)CCC(C)CCCCCCl. The Hall–Kier alpha value is 0.290. The molecular formula is C23H47Cl. The minimum absolute atomic E-state index is 0.838. The molecule has 2 unspecified atom stereocenters. The smallest absolute Gasteiger partial charge is 0.0223 e. The van der Waals surface area contributed by atoms with Gasteiger partial charge in [0.25, 0.3) is 0 Å². The second-order valence-corrected chi connectivity index (χ2v) is 8.49. The lowest BCUT2D eigenvalue weighted by Crippen LogP contribution is -2.03. The Labute approximate surface area is 159 Å². The zero-order valence-electron chi connectivity index (χ0n) is 17.3. The second-order valence-electron chi connectivity index (χ2n) is 8.11. The van der Waals surface area contributed by atoms with E-state index in [1.54, 1.807) is 0 Å². The van der Waals surface area contributed by atoms with Gasteiger partial charge in [-0.3, -0.25) is 0 Å². The molecule has 0 aliphatic heterocycles. The average Bonchev–Trinajstić information content (AvgIpc) is 2.59. The van der Waals surface area contributed by atoms with Crippen LogP contribution in [0.3, 0.4) is 0 Å². The largest absolute Gasteiger partial charge is 0.127 e. The summed E-state index contributed by atoms with van der Waals surface area (Å²) in [5.74, 6) is 2.74. The average molecular weight is 359 g/mol. The Bertz CT molecular complexity index is 226. The van der Waals surface area contributed by atoms with Crippen molar-refractivity contribution in [2.75, 3.05) is 5.88 Å². The predicted octanol–water partition coefficient (Wildman–Crippen LogP) is 9.15. The molecule has 0 aliphatic carbocycles. The summed E-state index contributed by atoms with van der Waals surface area (Å²) in [5, 5.41) is 0. The van der Waals surface area contributed by atoms with Crippen LogP contribution in [0.5, 0.6) is 0 Å². The van der Waals surface area contributed by atoms with Gasteiger partial charge in [0.15, 0.2) is 0 Å². The van der Waals surface area contributed by atoms with Crippen LogP contribution in [0, 0.1) is 11.8 Å². The van der Waals surface area contributed by atoms with Gasteiger partial charge in [-0.05, 0) is 18.3 Å². The van der Waals surface area contributed by atoms with Crippen molar-refractivity contribution in [3.05, 3.63) is 0 Å². The van der Waals surface area contributed by atoms with Crippen LogP contribution >= 0.6 is 11.6 Å². The molecule has 0 aromatic carbocycles. The maximum atomic E-state index is 5.75. The third-order valence-electron chi connectivity index (χ3n) is 5.69. The zero-order valence-corrected chi connectivity index (χ0v) is 18.0. The second kappa shape index (κ2) is 19.6. The van der Waals surface area contributed by atoms with E-state index >= 15 is 0 Å². The lowest BCUT2D eigenvalue weighted by Gasteiger charge is -2.18. The standard InChI is InChI=1S/C23H47Cl/c1-4-6-7-8-9-10-11-12-15-18-23(5-2)20-19-22(3)17-14-13-16-21-24/h22-23H,4-21H2,1-3H3. The highest BCUT2D eigenvalue weighted by atomic mass is 35.5. The van der Waals surface area contributed by atoms with Crippen molar-refractivity contribution in [2.24, 2.45) is 11.8 Å². The molecule has 0 radical (unpaired) electrons. The number of hydrogen-bond acceptors (Lipinski definition) is 0. The highest BCUT2D eigenvalue weighted by molar-refractivity contribution is 6.17. The molecule has 0 heterocycles. The van der Waals surface area contributed by atoms with Gasteiger partial charge in [-0.15, -0.1) is 11.6 Å². The summed E-state index contributed by atoms with van der Waals surface area (Å²) in [4.78, 5) is 0. The summed E-state index contributed by atoms with van der Waals surface area (Å²) < 4.78 is 0. The van der Waals surface area contributed by atoms with E-state index in [-0.39, 0.29) is 0 Å². The molecule has 2 atom stereocenters. The summed E-state index contributed by atoms with van der Waals surface area (Å²) in [6.45, 7) is 7.14. The minimum Gasteiger partial charge on any atom is -0.127 e. The molecule has 0 fully saturated rings. The van der Waals surface area contributed by atoms with Gasteiger partial charge in [-0.2, -0.15) is 0 Å². The molecule has 146 valence electrons. The van der Waals surface area contributed by atoms with Gasteiger partial charge >= 0.3 is 0 Å². The van der Waals surface area contributed by atoms with Crippen LogP contribution < -0.4 is 0 Å². The van der Waals surface area contributed by atoms with Crippen molar-refractivity contribution < 1.29 is 0 Å². The third-order valence-corrected chi connectivity index (χ3v) is 5.96. The number of halogens is 1. The quantitative estimate of drug-likeness (QED) is 0.159. The van der Waals surface area contributed by atoms with Gasteiger partial charge in [0.05, 0.1) is 0 Å². The molecule has 0 aromatic heterocycles. The van der Waals surface area contributed by atoms with Crippen LogP contribution in [0.25, 0.3) is 0 Å². The maximum absolute atomic E-state index is 5.75. The maximum Gasteiger partial charge on any atom is 0.0223 e. The Morgan fingerprint density at radius 1 is 0.583 bits per heavy atom. The normalized spacial score (nSPS) is 14.0. The fourth-order valence-corrected chi connectivity index (χ4v) is 3.91. The molecule has 0 rings (SSSR count). The van der Waals surface area contributed by atoms with E-state index in [4.69, 9.17) is 11.6 Å². The Morgan fingerprint density at radius 3 is 1.71 bits per heavy atom. The van der Waals surface area contributed by atoms with Crippen molar-refractivity contribution in [1.82, 2.24) is 0 Å². The highest BCUT2D eigenvalue weighted by Gasteiger charge is 2.09. The van der Waals surface area contributed by atoms with Crippen molar-refractivity contribution in [2.45, 2.75) is 130 Å². The molecule has 24 heavy (non-hydrogen) atoms. The first-order valence-electron chi connectivity index (χ1n) is 11.3. The first kappa shape index (κ1) is 24.3. The molecular weight excluding hydrogens is 312 g/mol. The topological polar surface area (TPSA) is 0 Å². The molecule has 0 nitrogen and oxygen atoms in total. The summed E-state index contributed by atoms with van der Waals surface area (Å²) in [6, 6.07) is 0. The predicted molar refractivity (Wildman–Crippen MR) is 113 cm³/mol. The van der Waals surface area contributed by atoms with Gasteiger partial charge in [0, 0.05) is 5.88 Å². The molecule has 0 amide bonds. The van der Waals surface area contributed by atoms with Gasteiger partial charge < -0.3 is 0 Å². The molecule has 0 bridgehead atoms. The van der Waals surface area contributed by atoms with E-state index in [1.807, 2.05) is 0 Å². The summed E-state index contributed by atoms with van der Waals surface area (Å²) in [7, 11) is 0. The van der Waals surface area contributed by atoms with Crippen molar-refractivity contribution in [3.63, 3.8) is 0 Å². The molecule has 0 saturated heterocycles. The van der Waals surface area contributed by atoms with Gasteiger partial charge in [-0.1, -0.05) is 124 Å². The zero-order chi connectivity index (χ0) is 17.9. The fourth-order valence-electron chi connectivity index (χ4n) is 3.72. The number of unbranched alkanes of at least 4 members (excludes halogenated alkanes) is 10. The van der Waals surface area contributed by atoms with Crippen LogP contribution in [0.4, 0.5) is 0 Å².